The molecule has 27 heavy (non-hydrogen) atoms. The maximum Gasteiger partial charge on any atom is 0.236 e. The molecule has 0 spiro atoms. The first-order valence-corrected chi connectivity index (χ1v) is 9.31. The molecule has 3 amide bonds. The number of carbonyl (C=O) groups is 3. The van der Waals surface area contributed by atoms with Crippen LogP contribution >= 0.6 is 12.4 Å². The van der Waals surface area contributed by atoms with Gasteiger partial charge in [-0.2, -0.15) is 0 Å². The quantitative estimate of drug-likeness (QED) is 0.785. The average molecular weight is 393 g/mol. The number of halogens is 1. The molecule has 146 valence electrons. The summed E-state index contributed by atoms with van der Waals surface area (Å²) < 4.78 is 0. The molecule has 0 aromatic heterocycles. The third-order valence-corrected chi connectivity index (χ3v) is 5.57. The zero-order chi connectivity index (χ0) is 18.1. The van der Waals surface area contributed by atoms with Crippen LogP contribution in [-0.2, 0) is 14.4 Å². The van der Waals surface area contributed by atoms with E-state index in [1.165, 1.54) is 0 Å². The second-order valence-electron chi connectivity index (χ2n) is 7.24. The summed E-state index contributed by atoms with van der Waals surface area (Å²) in [5, 5.41) is 5.93. The van der Waals surface area contributed by atoms with E-state index in [0.717, 1.165) is 30.6 Å². The number of hydrogen-bond acceptors (Lipinski definition) is 4. The highest BCUT2D eigenvalue weighted by Gasteiger charge is 2.37. The highest BCUT2D eigenvalue weighted by molar-refractivity contribution is 6.01. The molecule has 3 heterocycles. The first kappa shape index (κ1) is 19.6. The van der Waals surface area contributed by atoms with Crippen molar-refractivity contribution in [3.05, 3.63) is 29.8 Å². The number of carbonyl (C=O) groups excluding carboxylic acids is 3. The summed E-state index contributed by atoms with van der Waals surface area (Å²) in [7, 11) is 0. The van der Waals surface area contributed by atoms with E-state index in [0.29, 0.717) is 26.2 Å². The SMILES string of the molecule is Cl.O=C1CC(C(=O)N2CCCC(N3CCNCC3=O)C2)c2ccccc2N1. The fourth-order valence-corrected chi connectivity index (χ4v) is 4.27. The first-order chi connectivity index (χ1) is 12.6. The molecule has 1 aromatic carbocycles. The molecular weight excluding hydrogens is 368 g/mol. The zero-order valence-electron chi connectivity index (χ0n) is 15.1. The van der Waals surface area contributed by atoms with Gasteiger partial charge in [-0.25, -0.2) is 0 Å². The lowest BCUT2D eigenvalue weighted by Crippen LogP contribution is -2.58. The van der Waals surface area contributed by atoms with Crippen molar-refractivity contribution in [2.45, 2.75) is 31.2 Å². The van der Waals surface area contributed by atoms with E-state index in [1.54, 1.807) is 0 Å². The second kappa shape index (κ2) is 8.27. The van der Waals surface area contributed by atoms with Crippen LogP contribution in [0.1, 0.15) is 30.7 Å². The van der Waals surface area contributed by atoms with Gasteiger partial charge in [-0.05, 0) is 24.5 Å². The van der Waals surface area contributed by atoms with Crippen LogP contribution in [-0.4, -0.2) is 66.3 Å². The monoisotopic (exact) mass is 392 g/mol. The molecule has 1 aromatic rings. The van der Waals surface area contributed by atoms with E-state index in [4.69, 9.17) is 0 Å². The number of hydrogen-bond donors (Lipinski definition) is 2. The number of nitrogens with zero attached hydrogens (tertiary/aromatic N) is 2. The number of para-hydroxylation sites is 1. The Morgan fingerprint density at radius 2 is 1.96 bits per heavy atom. The average Bonchev–Trinajstić information content (AvgIpc) is 2.67. The molecule has 2 unspecified atom stereocenters. The van der Waals surface area contributed by atoms with Crippen molar-refractivity contribution in [1.29, 1.82) is 0 Å². The van der Waals surface area contributed by atoms with E-state index < -0.39 is 5.92 Å². The molecule has 7 nitrogen and oxygen atoms in total. The molecule has 3 aliphatic rings. The van der Waals surface area contributed by atoms with Gasteiger partial charge in [0.2, 0.25) is 17.7 Å². The topological polar surface area (TPSA) is 81.8 Å². The Morgan fingerprint density at radius 3 is 2.78 bits per heavy atom. The molecule has 2 atom stereocenters. The third-order valence-electron chi connectivity index (χ3n) is 5.57. The maximum absolute atomic E-state index is 13.2. The summed E-state index contributed by atoms with van der Waals surface area (Å²) in [6, 6.07) is 7.59. The van der Waals surface area contributed by atoms with Gasteiger partial charge in [0.15, 0.2) is 0 Å². The Balaban J connectivity index is 0.00000210. The summed E-state index contributed by atoms with van der Waals surface area (Å²) in [6.45, 7) is 3.12. The molecule has 2 N–H and O–H groups in total. The van der Waals surface area contributed by atoms with Gasteiger partial charge < -0.3 is 20.4 Å². The van der Waals surface area contributed by atoms with Gasteiger partial charge in [-0.15, -0.1) is 12.4 Å². The minimum atomic E-state index is -0.433. The summed E-state index contributed by atoms with van der Waals surface area (Å²) in [4.78, 5) is 41.2. The smallest absolute Gasteiger partial charge is 0.236 e. The number of piperazine rings is 1. The Morgan fingerprint density at radius 1 is 1.15 bits per heavy atom. The van der Waals surface area contributed by atoms with Gasteiger partial charge in [0.25, 0.3) is 0 Å². The Kier molecular flexibility index (Phi) is 6.01. The number of amides is 3. The normalized spacial score (nSPS) is 25.3. The summed E-state index contributed by atoms with van der Waals surface area (Å²) in [5.74, 6) is -0.442. The third kappa shape index (κ3) is 3.94. The van der Waals surface area contributed by atoms with E-state index in [1.807, 2.05) is 34.1 Å². The molecule has 2 saturated heterocycles. The Labute approximate surface area is 164 Å². The maximum atomic E-state index is 13.2. The summed E-state index contributed by atoms with van der Waals surface area (Å²) in [6.07, 6.45) is 2.00. The minimum Gasteiger partial charge on any atom is -0.340 e. The van der Waals surface area contributed by atoms with Gasteiger partial charge in [0.1, 0.15) is 0 Å². The van der Waals surface area contributed by atoms with Crippen molar-refractivity contribution in [2.75, 3.05) is 38.0 Å². The predicted octanol–water partition coefficient (Wildman–Crippen LogP) is 0.957. The standard InChI is InChI=1S/C19H24N4O3.ClH/c24-17-10-15(14-5-1-2-6-16(14)21-17)19(26)22-8-3-4-13(12-22)23-9-7-20-11-18(23)25;/h1-2,5-6,13,15,20H,3-4,7-12H2,(H,21,24);1H. The lowest BCUT2D eigenvalue weighted by molar-refractivity contribution is -0.141. The molecule has 8 heteroatoms. The van der Waals surface area contributed by atoms with Crippen LogP contribution in [0.15, 0.2) is 24.3 Å². The van der Waals surface area contributed by atoms with Crippen molar-refractivity contribution >= 4 is 35.8 Å². The summed E-state index contributed by atoms with van der Waals surface area (Å²) >= 11 is 0. The number of anilines is 1. The molecule has 2 fully saturated rings. The molecule has 3 aliphatic heterocycles. The molecule has 0 saturated carbocycles. The van der Waals surface area contributed by atoms with Crippen molar-refractivity contribution in [3.8, 4) is 0 Å². The predicted molar refractivity (Wildman–Crippen MR) is 104 cm³/mol. The largest absolute Gasteiger partial charge is 0.340 e. The van der Waals surface area contributed by atoms with Gasteiger partial charge in [-0.1, -0.05) is 18.2 Å². The fourth-order valence-electron chi connectivity index (χ4n) is 4.27. The van der Waals surface area contributed by atoms with Gasteiger partial charge >= 0.3 is 0 Å². The molecule has 0 aliphatic carbocycles. The van der Waals surface area contributed by atoms with E-state index in [2.05, 4.69) is 10.6 Å². The lowest BCUT2D eigenvalue weighted by Gasteiger charge is -2.42. The van der Waals surface area contributed by atoms with Gasteiger partial charge in [-0.3, -0.25) is 14.4 Å². The Hall–Kier alpha value is -2.12. The lowest BCUT2D eigenvalue weighted by atomic mass is 9.88. The van der Waals surface area contributed by atoms with Crippen molar-refractivity contribution < 1.29 is 14.4 Å². The van der Waals surface area contributed by atoms with Crippen molar-refractivity contribution in [3.63, 3.8) is 0 Å². The van der Waals surface area contributed by atoms with Crippen LogP contribution in [0.5, 0.6) is 0 Å². The number of likely N-dealkylation sites (tertiary alicyclic amines) is 1. The van der Waals surface area contributed by atoms with Crippen LogP contribution in [0.2, 0.25) is 0 Å². The van der Waals surface area contributed by atoms with Crippen LogP contribution in [0, 0.1) is 0 Å². The Bertz CT molecular complexity index is 741. The van der Waals surface area contributed by atoms with Crippen molar-refractivity contribution in [1.82, 2.24) is 15.1 Å². The van der Waals surface area contributed by atoms with Crippen LogP contribution in [0.3, 0.4) is 0 Å². The van der Waals surface area contributed by atoms with Gasteiger partial charge in [0.05, 0.1) is 12.5 Å². The van der Waals surface area contributed by atoms with Crippen LogP contribution in [0.25, 0.3) is 0 Å². The fraction of sp³-hybridized carbons (Fsp3) is 0.526. The zero-order valence-corrected chi connectivity index (χ0v) is 16.0. The highest BCUT2D eigenvalue weighted by atomic mass is 35.5. The second-order valence-corrected chi connectivity index (χ2v) is 7.24. The number of piperidine rings is 1. The molecule has 4 rings (SSSR count). The van der Waals surface area contributed by atoms with Crippen LogP contribution in [0.4, 0.5) is 5.69 Å². The van der Waals surface area contributed by atoms with Crippen LogP contribution < -0.4 is 10.6 Å². The van der Waals surface area contributed by atoms with E-state index in [-0.39, 0.29) is 42.6 Å². The number of benzene rings is 1. The summed E-state index contributed by atoms with van der Waals surface area (Å²) in [5.41, 5.74) is 1.62. The van der Waals surface area contributed by atoms with E-state index in [9.17, 15) is 14.4 Å². The van der Waals surface area contributed by atoms with Crippen molar-refractivity contribution in [2.24, 2.45) is 0 Å². The molecular formula is C19H25ClN4O3. The number of fused-ring (bicyclic) bond motifs is 1. The first-order valence-electron chi connectivity index (χ1n) is 9.31. The number of rotatable bonds is 2. The van der Waals surface area contributed by atoms with Gasteiger partial charge in [0, 0.05) is 44.3 Å². The highest BCUT2D eigenvalue weighted by Crippen LogP contribution is 2.34. The minimum absolute atomic E-state index is 0. The molecule has 0 radical (unpaired) electrons. The number of nitrogens with one attached hydrogen (secondary N) is 2. The van der Waals surface area contributed by atoms with E-state index >= 15 is 0 Å². The molecule has 0 bridgehead atoms.